The molecule has 1 aliphatic rings. The van der Waals surface area contributed by atoms with Crippen molar-refractivity contribution < 1.29 is 17.9 Å². The zero-order valence-corrected chi connectivity index (χ0v) is 15.7. The molecule has 1 atom stereocenters. The fourth-order valence-electron chi connectivity index (χ4n) is 2.56. The Hall–Kier alpha value is -0.210. The average molecular weight is 440 g/mol. The zero-order valence-electron chi connectivity index (χ0n) is 12.5. The van der Waals surface area contributed by atoms with Crippen LogP contribution < -0.4 is 10.1 Å². The predicted octanol–water partition coefficient (Wildman–Crippen LogP) is 4.20. The molecule has 0 aliphatic carbocycles. The zero-order chi connectivity index (χ0) is 15.5. The smallest absolute Gasteiger partial charge is 0.390 e. The van der Waals surface area contributed by atoms with Crippen LogP contribution >= 0.6 is 40.7 Å². The van der Waals surface area contributed by atoms with Crippen molar-refractivity contribution in [1.82, 2.24) is 10.2 Å². The van der Waals surface area contributed by atoms with E-state index in [9.17, 15) is 13.2 Å². The van der Waals surface area contributed by atoms with Gasteiger partial charge in [-0.3, -0.25) is 4.90 Å². The maximum atomic E-state index is 12.9. The van der Waals surface area contributed by atoms with Crippen LogP contribution in [0.4, 0.5) is 13.2 Å². The van der Waals surface area contributed by atoms with Crippen LogP contribution in [0.3, 0.4) is 0 Å². The molecule has 0 saturated carbocycles. The standard InChI is InChI=1S/C14H18BrF3N2O.2ClH/c1-21-13-3-2-10(8-11(13)15)12(9-14(16,17)18)20-6-4-19-5-7-20;;/h2-3,8,12,19H,4-7,9H2,1H3;2*1H/t12-;;/m1../s1. The SMILES string of the molecule is COc1ccc([C@@H](CC(F)(F)F)N2CCNCC2)cc1Br.Cl.Cl. The number of rotatable bonds is 4. The first-order chi connectivity index (χ1) is 9.90. The van der Waals surface area contributed by atoms with Crippen LogP contribution in [0.15, 0.2) is 22.7 Å². The summed E-state index contributed by atoms with van der Waals surface area (Å²) in [5, 5.41) is 3.16. The third-order valence-electron chi connectivity index (χ3n) is 3.58. The largest absolute Gasteiger partial charge is 0.496 e. The van der Waals surface area contributed by atoms with Gasteiger partial charge in [-0.15, -0.1) is 24.8 Å². The number of hydrogen-bond acceptors (Lipinski definition) is 3. The molecule has 9 heteroatoms. The molecule has 1 N–H and O–H groups in total. The number of alkyl halides is 3. The number of ether oxygens (including phenoxy) is 1. The quantitative estimate of drug-likeness (QED) is 0.760. The van der Waals surface area contributed by atoms with E-state index < -0.39 is 18.6 Å². The van der Waals surface area contributed by atoms with Crippen molar-refractivity contribution >= 4 is 40.7 Å². The second kappa shape index (κ2) is 9.93. The van der Waals surface area contributed by atoms with Gasteiger partial charge in [-0.1, -0.05) is 6.07 Å². The summed E-state index contributed by atoms with van der Waals surface area (Å²) in [4.78, 5) is 1.89. The molecular formula is C14H20BrCl2F3N2O. The van der Waals surface area contributed by atoms with Crippen LogP contribution in [0.1, 0.15) is 18.0 Å². The van der Waals surface area contributed by atoms with Crippen LogP contribution in [0.5, 0.6) is 5.75 Å². The fourth-order valence-corrected chi connectivity index (χ4v) is 3.12. The van der Waals surface area contributed by atoms with Gasteiger partial charge in [-0.2, -0.15) is 13.2 Å². The molecule has 0 unspecified atom stereocenters. The van der Waals surface area contributed by atoms with Gasteiger partial charge in [0.15, 0.2) is 0 Å². The average Bonchev–Trinajstić information content (AvgIpc) is 2.45. The summed E-state index contributed by atoms with van der Waals surface area (Å²) in [6.45, 7) is 2.66. The molecule has 1 aromatic carbocycles. The molecule has 1 aliphatic heterocycles. The molecule has 23 heavy (non-hydrogen) atoms. The highest BCUT2D eigenvalue weighted by atomic mass is 79.9. The normalized spacial score (nSPS) is 16.9. The molecule has 0 aromatic heterocycles. The van der Waals surface area contributed by atoms with Gasteiger partial charge in [0.2, 0.25) is 0 Å². The summed E-state index contributed by atoms with van der Waals surface area (Å²) in [6.07, 6.45) is -5.03. The molecule has 1 aromatic rings. The van der Waals surface area contributed by atoms with E-state index >= 15 is 0 Å². The Kier molecular flexibility index (Phi) is 9.84. The van der Waals surface area contributed by atoms with Gasteiger partial charge >= 0.3 is 6.18 Å². The van der Waals surface area contributed by atoms with Crippen LogP contribution in [-0.4, -0.2) is 44.4 Å². The molecular weight excluding hydrogens is 420 g/mol. The number of nitrogens with zero attached hydrogens (tertiary/aromatic N) is 1. The summed E-state index contributed by atoms with van der Waals surface area (Å²) in [7, 11) is 1.53. The summed E-state index contributed by atoms with van der Waals surface area (Å²) >= 11 is 3.34. The molecule has 1 fully saturated rings. The van der Waals surface area contributed by atoms with Gasteiger partial charge in [0.25, 0.3) is 0 Å². The Morgan fingerprint density at radius 1 is 1.26 bits per heavy atom. The van der Waals surface area contributed by atoms with Gasteiger partial charge in [-0.25, -0.2) is 0 Å². The van der Waals surface area contributed by atoms with E-state index in [1.165, 1.54) is 7.11 Å². The van der Waals surface area contributed by atoms with E-state index in [2.05, 4.69) is 21.2 Å². The highest BCUT2D eigenvalue weighted by Crippen LogP contribution is 2.36. The lowest BCUT2D eigenvalue weighted by Gasteiger charge is -2.35. The van der Waals surface area contributed by atoms with Crippen molar-refractivity contribution in [1.29, 1.82) is 0 Å². The van der Waals surface area contributed by atoms with E-state index in [-0.39, 0.29) is 24.8 Å². The monoisotopic (exact) mass is 438 g/mol. The summed E-state index contributed by atoms with van der Waals surface area (Å²) in [6, 6.07) is 4.47. The first-order valence-corrected chi connectivity index (χ1v) is 7.55. The number of methoxy groups -OCH3 is 1. The van der Waals surface area contributed by atoms with E-state index in [4.69, 9.17) is 4.74 Å². The first kappa shape index (κ1) is 22.8. The molecule has 0 radical (unpaired) electrons. The Labute approximate surface area is 154 Å². The molecule has 1 saturated heterocycles. The van der Waals surface area contributed by atoms with Crippen LogP contribution in [0.2, 0.25) is 0 Å². The van der Waals surface area contributed by atoms with E-state index in [1.54, 1.807) is 18.2 Å². The number of piperazine rings is 1. The Balaban J connectivity index is 0.00000242. The third kappa shape index (κ3) is 6.66. The van der Waals surface area contributed by atoms with E-state index in [0.717, 1.165) is 0 Å². The molecule has 134 valence electrons. The van der Waals surface area contributed by atoms with E-state index in [0.29, 0.717) is 42.0 Å². The third-order valence-corrected chi connectivity index (χ3v) is 4.20. The van der Waals surface area contributed by atoms with Crippen molar-refractivity contribution in [3.63, 3.8) is 0 Å². The van der Waals surface area contributed by atoms with Crippen molar-refractivity contribution in [2.75, 3.05) is 33.3 Å². The summed E-state index contributed by atoms with van der Waals surface area (Å²) < 4.78 is 44.5. The maximum Gasteiger partial charge on any atom is 0.390 e. The Morgan fingerprint density at radius 2 is 1.87 bits per heavy atom. The highest BCUT2D eigenvalue weighted by Gasteiger charge is 2.36. The maximum absolute atomic E-state index is 12.9. The number of halogens is 6. The lowest BCUT2D eigenvalue weighted by Crippen LogP contribution is -2.46. The number of hydrogen-bond donors (Lipinski definition) is 1. The lowest BCUT2D eigenvalue weighted by molar-refractivity contribution is -0.148. The number of benzene rings is 1. The van der Waals surface area contributed by atoms with Crippen molar-refractivity contribution in [2.24, 2.45) is 0 Å². The minimum atomic E-state index is -4.19. The second-order valence-corrected chi connectivity index (χ2v) is 5.87. The van der Waals surface area contributed by atoms with Gasteiger partial charge in [0.05, 0.1) is 18.0 Å². The van der Waals surface area contributed by atoms with Crippen molar-refractivity contribution in [3.8, 4) is 5.75 Å². The number of nitrogens with one attached hydrogen (secondary N) is 1. The molecule has 2 rings (SSSR count). The highest BCUT2D eigenvalue weighted by molar-refractivity contribution is 9.10. The lowest BCUT2D eigenvalue weighted by atomic mass is 10.0. The van der Waals surface area contributed by atoms with Gasteiger partial charge < -0.3 is 10.1 Å². The predicted molar refractivity (Wildman–Crippen MR) is 93.0 cm³/mol. The molecule has 0 amide bonds. The van der Waals surface area contributed by atoms with Crippen LogP contribution in [0.25, 0.3) is 0 Å². The van der Waals surface area contributed by atoms with Gasteiger partial charge in [0, 0.05) is 32.2 Å². The van der Waals surface area contributed by atoms with Gasteiger partial charge in [0.1, 0.15) is 5.75 Å². The molecule has 0 spiro atoms. The van der Waals surface area contributed by atoms with Crippen LogP contribution in [-0.2, 0) is 0 Å². The molecule has 3 nitrogen and oxygen atoms in total. The molecule has 0 bridgehead atoms. The fraction of sp³-hybridized carbons (Fsp3) is 0.571. The van der Waals surface area contributed by atoms with Crippen molar-refractivity contribution in [2.45, 2.75) is 18.6 Å². The summed E-state index contributed by atoms with van der Waals surface area (Å²) in [5.41, 5.74) is 0.655. The molecule has 1 heterocycles. The topological polar surface area (TPSA) is 24.5 Å². The second-order valence-electron chi connectivity index (χ2n) is 5.02. The van der Waals surface area contributed by atoms with Gasteiger partial charge in [-0.05, 0) is 33.6 Å². The Bertz CT molecular complexity index is 486. The summed E-state index contributed by atoms with van der Waals surface area (Å²) in [5.74, 6) is 0.616. The van der Waals surface area contributed by atoms with Crippen molar-refractivity contribution in [3.05, 3.63) is 28.2 Å². The minimum Gasteiger partial charge on any atom is -0.496 e. The minimum absolute atomic E-state index is 0. The van der Waals surface area contributed by atoms with E-state index in [1.807, 2.05) is 4.90 Å². The van der Waals surface area contributed by atoms with Crippen LogP contribution in [0, 0.1) is 0 Å². The first-order valence-electron chi connectivity index (χ1n) is 6.75. The Morgan fingerprint density at radius 3 is 2.35 bits per heavy atom.